The number of aliphatic hydroxyl groups excluding tert-OH is 1. The lowest BCUT2D eigenvalue weighted by molar-refractivity contribution is -0.135. The van der Waals surface area contributed by atoms with Gasteiger partial charge in [0.25, 0.3) is 0 Å². The van der Waals surface area contributed by atoms with E-state index < -0.39 is 11.6 Å². The first kappa shape index (κ1) is 16.2. The minimum absolute atomic E-state index is 0.00204. The quantitative estimate of drug-likeness (QED) is 0.850. The highest BCUT2D eigenvalue weighted by molar-refractivity contribution is 7.99. The number of aliphatic hydroxyl groups is 1. The molecule has 6 heteroatoms. The van der Waals surface area contributed by atoms with Gasteiger partial charge in [-0.15, -0.1) is 11.8 Å². The maximum atomic E-state index is 13.1. The normalized spacial score (nSPS) is 18.8. The Balaban J connectivity index is 1.82. The molecule has 1 aromatic carbocycles. The number of thioether (sulfide) groups is 1. The first-order chi connectivity index (χ1) is 10.1. The zero-order chi connectivity index (χ0) is 15.2. The van der Waals surface area contributed by atoms with E-state index in [1.54, 1.807) is 4.90 Å². The minimum atomic E-state index is -0.872. The fourth-order valence-electron chi connectivity index (χ4n) is 2.49. The highest BCUT2D eigenvalue weighted by Gasteiger charge is 2.25. The van der Waals surface area contributed by atoms with Crippen molar-refractivity contribution in [1.82, 2.24) is 4.90 Å². The van der Waals surface area contributed by atoms with Gasteiger partial charge in [0.15, 0.2) is 11.6 Å². The average Bonchev–Trinajstić information content (AvgIpc) is 2.50. The molecule has 1 fully saturated rings. The summed E-state index contributed by atoms with van der Waals surface area (Å²) in [6, 6.07) is 3.67. The van der Waals surface area contributed by atoms with E-state index in [-0.39, 0.29) is 18.6 Å². The molecule has 0 aliphatic carbocycles. The van der Waals surface area contributed by atoms with Crippen LogP contribution in [0.5, 0.6) is 0 Å². The fourth-order valence-corrected chi connectivity index (χ4v) is 3.35. The third-order valence-corrected chi connectivity index (χ3v) is 4.63. The van der Waals surface area contributed by atoms with Crippen LogP contribution in [0, 0.1) is 11.6 Å². The molecule has 1 aliphatic rings. The second-order valence-electron chi connectivity index (χ2n) is 5.09. The summed E-state index contributed by atoms with van der Waals surface area (Å²) in [6.45, 7) is 0.696. The lowest BCUT2D eigenvalue weighted by Crippen LogP contribution is -2.45. The van der Waals surface area contributed by atoms with Gasteiger partial charge in [-0.2, -0.15) is 0 Å². The summed E-state index contributed by atoms with van der Waals surface area (Å²) >= 11 is 1.33. The Morgan fingerprint density at radius 1 is 1.33 bits per heavy atom. The minimum Gasteiger partial charge on any atom is -0.394 e. The molecular formula is C15H19F2NO2S. The Morgan fingerprint density at radius 2 is 2.14 bits per heavy atom. The van der Waals surface area contributed by atoms with Gasteiger partial charge in [-0.3, -0.25) is 4.79 Å². The Morgan fingerprint density at radius 3 is 2.86 bits per heavy atom. The Labute approximate surface area is 127 Å². The van der Waals surface area contributed by atoms with Crippen molar-refractivity contribution in [3.05, 3.63) is 29.8 Å². The lowest BCUT2D eigenvalue weighted by atomic mass is 10.0. The molecule has 3 nitrogen and oxygen atoms in total. The van der Waals surface area contributed by atoms with Crippen LogP contribution in [-0.2, 0) is 4.79 Å². The number of rotatable bonds is 5. The van der Waals surface area contributed by atoms with Gasteiger partial charge >= 0.3 is 0 Å². The van der Waals surface area contributed by atoms with Crippen molar-refractivity contribution in [1.29, 1.82) is 0 Å². The number of halogens is 2. The van der Waals surface area contributed by atoms with Crippen LogP contribution in [0.3, 0.4) is 0 Å². The topological polar surface area (TPSA) is 40.5 Å². The largest absolute Gasteiger partial charge is 0.394 e. The number of carbonyl (C=O) groups is 1. The molecule has 1 unspecified atom stereocenters. The Hall–Kier alpha value is -1.14. The standard InChI is InChI=1S/C15H19F2NO2S/c16-13-5-4-12(9-14(13)17)21-8-6-15(20)18-7-2-1-3-11(18)10-19/h4-5,9,11,19H,1-3,6-8,10H2. The van der Waals surface area contributed by atoms with Gasteiger partial charge in [-0.05, 0) is 37.5 Å². The van der Waals surface area contributed by atoms with Crippen molar-refractivity contribution in [3.63, 3.8) is 0 Å². The van der Waals surface area contributed by atoms with Crippen molar-refractivity contribution in [2.24, 2.45) is 0 Å². The number of piperidine rings is 1. The van der Waals surface area contributed by atoms with E-state index >= 15 is 0 Å². The molecule has 0 radical (unpaired) electrons. The summed E-state index contributed by atoms with van der Waals surface area (Å²) in [5.41, 5.74) is 0. The van der Waals surface area contributed by atoms with Crippen LogP contribution in [0.1, 0.15) is 25.7 Å². The molecule has 2 rings (SSSR count). The van der Waals surface area contributed by atoms with E-state index in [0.29, 0.717) is 23.6 Å². The second-order valence-corrected chi connectivity index (χ2v) is 6.26. The number of amides is 1. The third kappa shape index (κ3) is 4.41. The summed E-state index contributed by atoms with van der Waals surface area (Å²) in [5.74, 6) is -1.21. The highest BCUT2D eigenvalue weighted by Crippen LogP contribution is 2.23. The average molecular weight is 315 g/mol. The number of carbonyl (C=O) groups excluding carboxylic acids is 1. The monoisotopic (exact) mass is 315 g/mol. The van der Waals surface area contributed by atoms with E-state index in [1.807, 2.05) is 0 Å². The van der Waals surface area contributed by atoms with Crippen LogP contribution < -0.4 is 0 Å². The SMILES string of the molecule is O=C(CCSc1ccc(F)c(F)c1)N1CCCCC1CO. The van der Waals surface area contributed by atoms with Crippen LogP contribution >= 0.6 is 11.8 Å². The number of likely N-dealkylation sites (tertiary alicyclic amines) is 1. The molecule has 1 N–H and O–H groups in total. The molecule has 116 valence electrons. The number of hydrogen-bond acceptors (Lipinski definition) is 3. The molecule has 1 atom stereocenters. The first-order valence-corrected chi connectivity index (χ1v) is 8.08. The van der Waals surface area contributed by atoms with Crippen molar-refractivity contribution in [3.8, 4) is 0 Å². The Bertz CT molecular complexity index is 499. The van der Waals surface area contributed by atoms with Crippen LogP contribution in [-0.4, -0.2) is 40.9 Å². The summed E-state index contributed by atoms with van der Waals surface area (Å²) in [6.07, 6.45) is 3.19. The van der Waals surface area contributed by atoms with Crippen LogP contribution in [0.2, 0.25) is 0 Å². The maximum Gasteiger partial charge on any atom is 0.223 e. The van der Waals surface area contributed by atoms with Gasteiger partial charge in [0.1, 0.15) is 0 Å². The van der Waals surface area contributed by atoms with Gasteiger partial charge in [-0.1, -0.05) is 0 Å². The molecule has 0 saturated carbocycles. The predicted molar refractivity (Wildman–Crippen MR) is 78.1 cm³/mol. The van der Waals surface area contributed by atoms with Crippen LogP contribution in [0.15, 0.2) is 23.1 Å². The molecule has 1 heterocycles. The summed E-state index contributed by atoms with van der Waals surface area (Å²) in [5, 5.41) is 9.29. The van der Waals surface area contributed by atoms with E-state index in [0.717, 1.165) is 31.4 Å². The van der Waals surface area contributed by atoms with Crippen molar-refractivity contribution < 1.29 is 18.7 Å². The number of hydrogen-bond donors (Lipinski definition) is 1. The fraction of sp³-hybridized carbons (Fsp3) is 0.533. The third-order valence-electron chi connectivity index (χ3n) is 3.63. The predicted octanol–water partition coefficient (Wildman–Crippen LogP) is 2.82. The highest BCUT2D eigenvalue weighted by atomic mass is 32.2. The van der Waals surface area contributed by atoms with Gasteiger partial charge < -0.3 is 10.0 Å². The summed E-state index contributed by atoms with van der Waals surface area (Å²) < 4.78 is 25.9. The first-order valence-electron chi connectivity index (χ1n) is 7.10. The van der Waals surface area contributed by atoms with E-state index in [9.17, 15) is 18.7 Å². The number of nitrogens with zero attached hydrogens (tertiary/aromatic N) is 1. The number of benzene rings is 1. The second kappa shape index (κ2) is 7.75. The van der Waals surface area contributed by atoms with E-state index in [4.69, 9.17) is 0 Å². The van der Waals surface area contributed by atoms with Gasteiger partial charge in [0.05, 0.1) is 12.6 Å². The molecule has 1 amide bonds. The molecule has 1 aromatic rings. The van der Waals surface area contributed by atoms with Crippen molar-refractivity contribution >= 4 is 17.7 Å². The zero-order valence-corrected chi connectivity index (χ0v) is 12.5. The molecule has 21 heavy (non-hydrogen) atoms. The maximum absolute atomic E-state index is 13.1. The van der Waals surface area contributed by atoms with E-state index in [1.165, 1.54) is 17.8 Å². The molecule has 1 aliphatic heterocycles. The Kier molecular flexibility index (Phi) is 5.99. The summed E-state index contributed by atoms with van der Waals surface area (Å²) in [7, 11) is 0. The van der Waals surface area contributed by atoms with Gasteiger partial charge in [0, 0.05) is 23.6 Å². The van der Waals surface area contributed by atoms with Crippen molar-refractivity contribution in [2.75, 3.05) is 18.9 Å². The molecule has 1 saturated heterocycles. The van der Waals surface area contributed by atoms with Crippen LogP contribution in [0.25, 0.3) is 0 Å². The molecular weight excluding hydrogens is 296 g/mol. The summed E-state index contributed by atoms with van der Waals surface area (Å²) in [4.78, 5) is 14.5. The smallest absolute Gasteiger partial charge is 0.223 e. The van der Waals surface area contributed by atoms with Crippen molar-refractivity contribution in [2.45, 2.75) is 36.6 Å². The zero-order valence-electron chi connectivity index (χ0n) is 11.7. The lowest BCUT2D eigenvalue weighted by Gasteiger charge is -2.34. The van der Waals surface area contributed by atoms with E-state index in [2.05, 4.69) is 0 Å². The molecule has 0 aromatic heterocycles. The van der Waals surface area contributed by atoms with Gasteiger partial charge in [0.2, 0.25) is 5.91 Å². The molecule has 0 spiro atoms. The van der Waals surface area contributed by atoms with Gasteiger partial charge in [-0.25, -0.2) is 8.78 Å². The van der Waals surface area contributed by atoms with Crippen LogP contribution in [0.4, 0.5) is 8.78 Å². The molecule has 0 bridgehead atoms.